The van der Waals surface area contributed by atoms with E-state index in [9.17, 15) is 18.8 Å². The number of carbonyl (C=O) groups is 3. The quantitative estimate of drug-likeness (QED) is 0.334. The molecule has 9 nitrogen and oxygen atoms in total. The van der Waals surface area contributed by atoms with E-state index in [1.807, 2.05) is 6.92 Å². The SMILES string of the molecule is CCOC(=O)c1ccc(NC(=O)CSc2nnc(CNC(=O)c3ccccc3F)n2CC)cc1. The monoisotopic (exact) mass is 485 g/mol. The Morgan fingerprint density at radius 3 is 2.47 bits per heavy atom. The molecular formula is C23H24FN5O4S. The molecule has 0 aliphatic heterocycles. The molecule has 11 heteroatoms. The molecular weight excluding hydrogens is 461 g/mol. The molecule has 0 bridgehead atoms. The third-order valence-corrected chi connectivity index (χ3v) is 5.61. The standard InChI is InChI=1S/C23H24FN5O4S/c1-3-29-19(13-25-21(31)17-7-5-6-8-18(17)24)27-28-23(29)34-14-20(30)26-16-11-9-15(10-12-16)22(32)33-4-2/h5-12H,3-4,13-14H2,1-2H3,(H,25,31)(H,26,30). The zero-order valence-corrected chi connectivity index (χ0v) is 19.5. The lowest BCUT2D eigenvalue weighted by Crippen LogP contribution is -2.25. The first-order chi connectivity index (χ1) is 16.4. The highest BCUT2D eigenvalue weighted by Crippen LogP contribution is 2.18. The van der Waals surface area contributed by atoms with E-state index in [-0.39, 0.29) is 30.4 Å². The fourth-order valence-electron chi connectivity index (χ4n) is 3.01. The van der Waals surface area contributed by atoms with E-state index in [1.54, 1.807) is 41.8 Å². The van der Waals surface area contributed by atoms with Crippen LogP contribution in [0.5, 0.6) is 0 Å². The number of nitrogens with one attached hydrogen (secondary N) is 2. The average molecular weight is 486 g/mol. The minimum absolute atomic E-state index is 0.0494. The summed E-state index contributed by atoms with van der Waals surface area (Å²) in [6.45, 7) is 4.50. The van der Waals surface area contributed by atoms with Crippen LogP contribution in [0.15, 0.2) is 53.7 Å². The van der Waals surface area contributed by atoms with Crippen LogP contribution < -0.4 is 10.6 Å². The number of hydrogen-bond acceptors (Lipinski definition) is 7. The van der Waals surface area contributed by atoms with Gasteiger partial charge in [0.05, 0.1) is 30.0 Å². The largest absolute Gasteiger partial charge is 0.462 e. The molecule has 0 aliphatic carbocycles. The van der Waals surface area contributed by atoms with Crippen molar-refractivity contribution in [2.24, 2.45) is 0 Å². The predicted octanol–water partition coefficient (Wildman–Crippen LogP) is 3.27. The second kappa shape index (κ2) is 11.9. The Morgan fingerprint density at radius 2 is 1.79 bits per heavy atom. The summed E-state index contributed by atoms with van der Waals surface area (Å²) in [6, 6.07) is 12.1. The molecule has 3 rings (SSSR count). The van der Waals surface area contributed by atoms with Crippen LogP contribution >= 0.6 is 11.8 Å². The summed E-state index contributed by atoms with van der Waals surface area (Å²) in [5.74, 6) is -1.25. The van der Waals surface area contributed by atoms with Gasteiger partial charge in [0.25, 0.3) is 5.91 Å². The highest BCUT2D eigenvalue weighted by molar-refractivity contribution is 7.99. The number of carbonyl (C=O) groups excluding carboxylic acids is 3. The highest BCUT2D eigenvalue weighted by atomic mass is 32.2. The second-order valence-corrected chi connectivity index (χ2v) is 7.88. The van der Waals surface area contributed by atoms with E-state index < -0.39 is 17.7 Å². The summed E-state index contributed by atoms with van der Waals surface area (Å²) in [4.78, 5) is 36.3. The molecule has 0 unspecified atom stereocenters. The maximum atomic E-state index is 13.8. The number of benzene rings is 2. The number of halogens is 1. The number of anilines is 1. The molecule has 0 saturated carbocycles. The Morgan fingerprint density at radius 1 is 1.06 bits per heavy atom. The normalized spacial score (nSPS) is 10.6. The molecule has 3 aromatic rings. The van der Waals surface area contributed by atoms with Gasteiger partial charge in [-0.2, -0.15) is 0 Å². The van der Waals surface area contributed by atoms with Crippen molar-refractivity contribution in [1.82, 2.24) is 20.1 Å². The van der Waals surface area contributed by atoms with Gasteiger partial charge in [0.15, 0.2) is 11.0 Å². The first-order valence-corrected chi connectivity index (χ1v) is 11.6. The van der Waals surface area contributed by atoms with E-state index in [0.717, 1.165) is 0 Å². The molecule has 1 aromatic heterocycles. The summed E-state index contributed by atoms with van der Waals surface area (Å²) in [5.41, 5.74) is 0.902. The van der Waals surface area contributed by atoms with Gasteiger partial charge >= 0.3 is 5.97 Å². The van der Waals surface area contributed by atoms with Crippen LogP contribution in [-0.4, -0.2) is 44.9 Å². The number of esters is 1. The van der Waals surface area contributed by atoms with Crippen LogP contribution in [0.1, 0.15) is 40.4 Å². The number of ether oxygens (including phenoxy) is 1. The maximum absolute atomic E-state index is 13.8. The van der Waals surface area contributed by atoms with Gasteiger partial charge in [-0.05, 0) is 50.2 Å². The smallest absolute Gasteiger partial charge is 0.338 e. The van der Waals surface area contributed by atoms with Crippen LogP contribution in [-0.2, 0) is 22.6 Å². The van der Waals surface area contributed by atoms with Crippen molar-refractivity contribution in [3.63, 3.8) is 0 Å². The van der Waals surface area contributed by atoms with E-state index >= 15 is 0 Å². The average Bonchev–Trinajstić information content (AvgIpc) is 3.24. The Bertz CT molecular complexity index is 1170. The zero-order chi connectivity index (χ0) is 24.5. The fourth-order valence-corrected chi connectivity index (χ4v) is 3.83. The second-order valence-electron chi connectivity index (χ2n) is 6.94. The number of hydrogen-bond donors (Lipinski definition) is 2. The molecule has 0 radical (unpaired) electrons. The van der Waals surface area contributed by atoms with E-state index in [4.69, 9.17) is 4.74 Å². The van der Waals surface area contributed by atoms with Gasteiger partial charge in [0.2, 0.25) is 5.91 Å². The summed E-state index contributed by atoms with van der Waals surface area (Å²) < 4.78 is 20.5. The molecule has 0 spiro atoms. The first kappa shape index (κ1) is 24.9. The van der Waals surface area contributed by atoms with E-state index in [1.165, 1.54) is 30.0 Å². The number of nitrogens with zero attached hydrogens (tertiary/aromatic N) is 3. The summed E-state index contributed by atoms with van der Waals surface area (Å²) >= 11 is 1.20. The molecule has 178 valence electrons. The van der Waals surface area contributed by atoms with Gasteiger partial charge in [-0.3, -0.25) is 9.59 Å². The Kier molecular flexibility index (Phi) is 8.74. The lowest BCUT2D eigenvalue weighted by Gasteiger charge is -2.09. The van der Waals surface area contributed by atoms with Crippen LogP contribution in [0, 0.1) is 5.82 Å². The number of aromatic nitrogens is 3. The minimum atomic E-state index is -0.602. The molecule has 2 amide bonds. The molecule has 0 fully saturated rings. The van der Waals surface area contributed by atoms with Crippen molar-refractivity contribution >= 4 is 35.2 Å². The number of rotatable bonds is 10. The lowest BCUT2D eigenvalue weighted by molar-refractivity contribution is -0.113. The van der Waals surface area contributed by atoms with Gasteiger partial charge in [-0.1, -0.05) is 23.9 Å². The highest BCUT2D eigenvalue weighted by Gasteiger charge is 2.16. The maximum Gasteiger partial charge on any atom is 0.338 e. The van der Waals surface area contributed by atoms with Gasteiger partial charge < -0.3 is 19.9 Å². The Labute approximate surface area is 200 Å². The van der Waals surface area contributed by atoms with Crippen LogP contribution in [0.25, 0.3) is 0 Å². The first-order valence-electron chi connectivity index (χ1n) is 10.6. The molecule has 2 N–H and O–H groups in total. The van der Waals surface area contributed by atoms with Gasteiger partial charge in [0.1, 0.15) is 5.82 Å². The van der Waals surface area contributed by atoms with Crippen molar-refractivity contribution in [2.45, 2.75) is 32.1 Å². The van der Waals surface area contributed by atoms with Crippen LogP contribution in [0.2, 0.25) is 0 Å². The summed E-state index contributed by atoms with van der Waals surface area (Å²) in [6.07, 6.45) is 0. The van der Waals surface area contributed by atoms with E-state index in [0.29, 0.717) is 28.8 Å². The predicted molar refractivity (Wildman–Crippen MR) is 125 cm³/mol. The van der Waals surface area contributed by atoms with Gasteiger partial charge in [-0.15, -0.1) is 10.2 Å². The molecule has 0 saturated heterocycles. The molecule has 34 heavy (non-hydrogen) atoms. The molecule has 0 aliphatic rings. The number of amides is 2. The van der Waals surface area contributed by atoms with Gasteiger partial charge in [0, 0.05) is 12.2 Å². The van der Waals surface area contributed by atoms with Crippen molar-refractivity contribution in [3.05, 3.63) is 71.3 Å². The van der Waals surface area contributed by atoms with E-state index in [2.05, 4.69) is 20.8 Å². The fraction of sp³-hybridized carbons (Fsp3) is 0.261. The molecule has 0 atom stereocenters. The molecule has 1 heterocycles. The third-order valence-electron chi connectivity index (χ3n) is 4.65. The minimum Gasteiger partial charge on any atom is -0.462 e. The summed E-state index contributed by atoms with van der Waals surface area (Å²) in [7, 11) is 0. The topological polar surface area (TPSA) is 115 Å². The molecule has 2 aromatic carbocycles. The zero-order valence-electron chi connectivity index (χ0n) is 18.7. The van der Waals surface area contributed by atoms with Crippen LogP contribution in [0.3, 0.4) is 0 Å². The van der Waals surface area contributed by atoms with Crippen molar-refractivity contribution in [3.8, 4) is 0 Å². The van der Waals surface area contributed by atoms with Crippen molar-refractivity contribution < 1.29 is 23.5 Å². The Hall–Kier alpha value is -3.73. The third kappa shape index (κ3) is 6.41. The number of thioether (sulfide) groups is 1. The van der Waals surface area contributed by atoms with Crippen molar-refractivity contribution in [2.75, 3.05) is 17.7 Å². The lowest BCUT2D eigenvalue weighted by atomic mass is 10.2. The van der Waals surface area contributed by atoms with Crippen LogP contribution in [0.4, 0.5) is 10.1 Å². The van der Waals surface area contributed by atoms with Gasteiger partial charge in [-0.25, -0.2) is 9.18 Å². The summed E-state index contributed by atoms with van der Waals surface area (Å²) in [5, 5.41) is 14.1. The van der Waals surface area contributed by atoms with Crippen molar-refractivity contribution in [1.29, 1.82) is 0 Å². The Balaban J connectivity index is 1.54.